The van der Waals surface area contributed by atoms with Gasteiger partial charge in [-0.1, -0.05) is 48.5 Å². The van der Waals surface area contributed by atoms with Gasteiger partial charge in [0.05, 0.1) is 19.7 Å². The fourth-order valence-corrected chi connectivity index (χ4v) is 4.89. The number of likely N-dealkylation sites (N-methyl/N-ethyl adjacent to an activating group) is 1. The molecule has 0 saturated carbocycles. The van der Waals surface area contributed by atoms with Crippen LogP contribution >= 0.6 is 0 Å². The van der Waals surface area contributed by atoms with Gasteiger partial charge in [0.1, 0.15) is 5.60 Å². The number of ether oxygens (including phenoxy) is 1. The zero-order valence-electron chi connectivity index (χ0n) is 17.5. The Hall–Kier alpha value is -2.63. The molecule has 0 radical (unpaired) electrons. The van der Waals surface area contributed by atoms with Crippen LogP contribution in [-0.2, 0) is 22.5 Å². The van der Waals surface area contributed by atoms with Crippen molar-refractivity contribution >= 4 is 16.8 Å². The summed E-state index contributed by atoms with van der Waals surface area (Å²) in [5.41, 5.74) is 3.54. The Bertz CT molecular complexity index is 1020. The van der Waals surface area contributed by atoms with Gasteiger partial charge in [-0.25, -0.2) is 0 Å². The second-order valence-electron chi connectivity index (χ2n) is 8.86. The van der Waals surface area contributed by atoms with E-state index < -0.39 is 0 Å². The van der Waals surface area contributed by atoms with Crippen LogP contribution < -0.4 is 0 Å². The number of amides is 1. The van der Waals surface area contributed by atoms with E-state index in [2.05, 4.69) is 59.4 Å². The van der Waals surface area contributed by atoms with Crippen LogP contribution in [0.15, 0.2) is 60.8 Å². The zero-order valence-corrected chi connectivity index (χ0v) is 17.5. The van der Waals surface area contributed by atoms with Gasteiger partial charge in [0.15, 0.2) is 0 Å². The lowest BCUT2D eigenvalue weighted by molar-refractivity contribution is -0.157. The van der Waals surface area contributed by atoms with Gasteiger partial charge >= 0.3 is 0 Å². The molecule has 3 aromatic rings. The number of nitrogens with one attached hydrogen (secondary N) is 1. The molecule has 156 valence electrons. The molecule has 1 aromatic heterocycles. The molecule has 2 aromatic carbocycles. The third kappa shape index (κ3) is 3.75. The highest BCUT2D eigenvalue weighted by molar-refractivity contribution is 5.84. The Labute approximate surface area is 177 Å². The van der Waals surface area contributed by atoms with Crippen molar-refractivity contribution in [1.29, 1.82) is 0 Å². The van der Waals surface area contributed by atoms with Crippen LogP contribution in [0.25, 0.3) is 10.9 Å². The summed E-state index contributed by atoms with van der Waals surface area (Å²) < 4.78 is 6.20. The van der Waals surface area contributed by atoms with Gasteiger partial charge in [0.2, 0.25) is 5.91 Å². The number of benzene rings is 2. The van der Waals surface area contributed by atoms with Crippen molar-refractivity contribution in [2.24, 2.45) is 0 Å². The van der Waals surface area contributed by atoms with Crippen LogP contribution in [0.2, 0.25) is 0 Å². The smallest absolute Gasteiger partial charge is 0.223 e. The van der Waals surface area contributed by atoms with Crippen molar-refractivity contribution in [3.8, 4) is 0 Å². The summed E-state index contributed by atoms with van der Waals surface area (Å²) in [5, 5.41) is 1.22. The lowest BCUT2D eigenvalue weighted by atomic mass is 9.88. The molecule has 5 heteroatoms. The summed E-state index contributed by atoms with van der Waals surface area (Å²) in [6.45, 7) is 3.14. The molecule has 1 spiro atoms. The molecule has 5 rings (SSSR count). The first-order chi connectivity index (χ1) is 14.6. The van der Waals surface area contributed by atoms with Crippen molar-refractivity contribution in [2.45, 2.75) is 37.5 Å². The van der Waals surface area contributed by atoms with Crippen LogP contribution in [0.4, 0.5) is 0 Å². The molecule has 1 amide bonds. The minimum absolute atomic E-state index is 0.133. The maximum absolute atomic E-state index is 12.7. The number of aromatic nitrogens is 1. The van der Waals surface area contributed by atoms with E-state index in [0.717, 1.165) is 44.6 Å². The Morgan fingerprint density at radius 3 is 2.77 bits per heavy atom. The number of hydrogen-bond donors (Lipinski definition) is 1. The molecular formula is C25H29N3O2. The topological polar surface area (TPSA) is 48.6 Å². The summed E-state index contributed by atoms with van der Waals surface area (Å²) in [5.74, 6) is 0.232. The van der Waals surface area contributed by atoms with E-state index in [1.165, 1.54) is 16.5 Å². The average Bonchev–Trinajstić information content (AvgIpc) is 3.37. The van der Waals surface area contributed by atoms with Gasteiger partial charge in [-0.2, -0.15) is 0 Å². The Morgan fingerprint density at radius 1 is 1.17 bits per heavy atom. The highest BCUT2D eigenvalue weighted by atomic mass is 16.5. The second-order valence-corrected chi connectivity index (χ2v) is 8.86. The van der Waals surface area contributed by atoms with Crippen molar-refractivity contribution in [2.75, 3.05) is 26.7 Å². The summed E-state index contributed by atoms with van der Waals surface area (Å²) in [7, 11) is 2.17. The van der Waals surface area contributed by atoms with Crippen LogP contribution in [0.3, 0.4) is 0 Å². The second kappa shape index (κ2) is 7.89. The molecule has 3 heterocycles. The minimum Gasteiger partial charge on any atom is -0.370 e. The maximum Gasteiger partial charge on any atom is 0.223 e. The van der Waals surface area contributed by atoms with Crippen LogP contribution in [0.1, 0.15) is 24.0 Å². The molecule has 2 fully saturated rings. The summed E-state index contributed by atoms with van der Waals surface area (Å²) in [4.78, 5) is 20.3. The largest absolute Gasteiger partial charge is 0.370 e. The molecule has 2 saturated heterocycles. The molecule has 5 nitrogen and oxygen atoms in total. The molecule has 1 N–H and O–H groups in total. The molecular weight excluding hydrogens is 374 g/mol. The number of aromatic amines is 1. The SMILES string of the molecule is CN(Cc1ccccc1)C1COC2(C1)CN(C(=O)CCc1c[nH]c3ccccc13)C2. The molecule has 1 atom stereocenters. The third-order valence-electron chi connectivity index (χ3n) is 6.68. The minimum atomic E-state index is -0.133. The quantitative estimate of drug-likeness (QED) is 0.684. The molecule has 2 aliphatic heterocycles. The monoisotopic (exact) mass is 403 g/mol. The first-order valence-electron chi connectivity index (χ1n) is 10.8. The van der Waals surface area contributed by atoms with Crippen LogP contribution in [0, 0.1) is 0 Å². The van der Waals surface area contributed by atoms with Gasteiger partial charge in [0, 0.05) is 36.1 Å². The number of carbonyl (C=O) groups excluding carboxylic acids is 1. The van der Waals surface area contributed by atoms with E-state index in [-0.39, 0.29) is 11.5 Å². The fraction of sp³-hybridized carbons (Fsp3) is 0.400. The van der Waals surface area contributed by atoms with Crippen LogP contribution in [0.5, 0.6) is 0 Å². The predicted molar refractivity (Wildman–Crippen MR) is 118 cm³/mol. The zero-order chi connectivity index (χ0) is 20.6. The first-order valence-corrected chi connectivity index (χ1v) is 10.8. The van der Waals surface area contributed by atoms with Gasteiger partial charge in [-0.3, -0.25) is 9.69 Å². The molecule has 0 bridgehead atoms. The number of carbonyl (C=O) groups is 1. The lowest BCUT2D eigenvalue weighted by Gasteiger charge is -2.47. The fourth-order valence-electron chi connectivity index (χ4n) is 4.89. The number of likely N-dealkylation sites (tertiary alicyclic amines) is 1. The van der Waals surface area contributed by atoms with Crippen LogP contribution in [-0.4, -0.2) is 59.1 Å². The highest BCUT2D eigenvalue weighted by Crippen LogP contribution is 2.37. The summed E-state index contributed by atoms with van der Waals surface area (Å²) in [6, 6.07) is 19.2. The number of para-hydroxylation sites is 1. The average molecular weight is 404 g/mol. The van der Waals surface area contributed by atoms with Gasteiger partial charge < -0.3 is 14.6 Å². The van der Waals surface area contributed by atoms with Gasteiger partial charge in [-0.05, 0) is 37.1 Å². The number of aryl methyl sites for hydroxylation is 1. The molecule has 1 unspecified atom stereocenters. The Morgan fingerprint density at radius 2 is 1.93 bits per heavy atom. The standard InChI is InChI=1S/C25H29N3O2/c1-27(15-19-7-3-2-4-8-19)21-13-25(30-16-21)17-28(18-25)24(29)12-11-20-14-26-23-10-6-5-9-22(20)23/h2-10,14,21,26H,11-13,15-18H2,1H3. The summed E-state index contributed by atoms with van der Waals surface area (Å²) in [6.07, 6.45) is 4.36. The normalized spacial score (nSPS) is 20.2. The number of hydrogen-bond acceptors (Lipinski definition) is 3. The highest BCUT2D eigenvalue weighted by Gasteiger charge is 2.51. The van der Waals surface area contributed by atoms with E-state index >= 15 is 0 Å². The van der Waals surface area contributed by atoms with E-state index in [0.29, 0.717) is 12.5 Å². The van der Waals surface area contributed by atoms with Crippen molar-refractivity contribution in [3.05, 3.63) is 71.9 Å². The Kier molecular flexibility index (Phi) is 5.09. The van der Waals surface area contributed by atoms with Gasteiger partial charge in [0.25, 0.3) is 0 Å². The summed E-state index contributed by atoms with van der Waals surface area (Å²) >= 11 is 0. The molecule has 0 aliphatic carbocycles. The number of nitrogens with zero attached hydrogens (tertiary/aromatic N) is 2. The van der Waals surface area contributed by atoms with E-state index in [4.69, 9.17) is 4.74 Å². The molecule has 2 aliphatic rings. The number of rotatable bonds is 6. The van der Waals surface area contributed by atoms with E-state index in [9.17, 15) is 4.79 Å². The number of H-pyrrole nitrogens is 1. The predicted octanol–water partition coefficient (Wildman–Crippen LogP) is 3.60. The van der Waals surface area contributed by atoms with Gasteiger partial charge in [-0.15, -0.1) is 0 Å². The van der Waals surface area contributed by atoms with Crippen molar-refractivity contribution in [1.82, 2.24) is 14.8 Å². The van der Waals surface area contributed by atoms with Crippen molar-refractivity contribution < 1.29 is 9.53 Å². The van der Waals surface area contributed by atoms with Crippen molar-refractivity contribution in [3.63, 3.8) is 0 Å². The third-order valence-corrected chi connectivity index (χ3v) is 6.68. The van der Waals surface area contributed by atoms with E-state index in [1.54, 1.807) is 0 Å². The lowest BCUT2D eigenvalue weighted by Crippen LogP contribution is -2.63. The van der Waals surface area contributed by atoms with E-state index in [1.807, 2.05) is 23.2 Å². The maximum atomic E-state index is 12.7. The molecule has 30 heavy (non-hydrogen) atoms. The number of fused-ring (bicyclic) bond motifs is 1. The Balaban J connectivity index is 1.11. The first kappa shape index (κ1) is 19.3.